The molecule has 2 N–H and O–H groups in total. The van der Waals surface area contributed by atoms with E-state index in [1.54, 1.807) is 0 Å². The normalized spacial score (nSPS) is 15.9. The first-order chi connectivity index (χ1) is 10.6. The number of benzene rings is 1. The topological polar surface area (TPSA) is 41.1 Å². The maximum atomic E-state index is 12.2. The molecule has 22 heavy (non-hydrogen) atoms. The van der Waals surface area contributed by atoms with Crippen LogP contribution in [0.4, 0.5) is 5.69 Å². The Morgan fingerprint density at radius 3 is 2.82 bits per heavy atom. The van der Waals surface area contributed by atoms with E-state index in [2.05, 4.69) is 36.6 Å². The average molecular weight is 300 g/mol. The molecule has 1 aliphatic carbocycles. The second-order valence-electron chi connectivity index (χ2n) is 6.26. The van der Waals surface area contributed by atoms with Crippen LogP contribution in [0.5, 0.6) is 0 Å². The Morgan fingerprint density at radius 2 is 2.09 bits per heavy atom. The number of rotatable bonds is 6. The van der Waals surface area contributed by atoms with Gasteiger partial charge in [0.2, 0.25) is 5.91 Å². The van der Waals surface area contributed by atoms with Gasteiger partial charge in [-0.25, -0.2) is 0 Å². The number of aryl methyl sites for hydroxylation is 1. The number of carbonyl (C=O) groups excluding carboxylic acids is 1. The zero-order valence-electron chi connectivity index (χ0n) is 14.0. The minimum Gasteiger partial charge on any atom is -0.374 e. The van der Waals surface area contributed by atoms with Gasteiger partial charge in [-0.05, 0) is 70.1 Å². The number of nitrogens with one attached hydrogen (secondary N) is 2. The molecule has 0 saturated heterocycles. The van der Waals surface area contributed by atoms with Crippen LogP contribution in [0.2, 0.25) is 0 Å². The molecule has 0 unspecified atom stereocenters. The Labute approximate surface area is 134 Å². The second-order valence-corrected chi connectivity index (χ2v) is 6.26. The summed E-state index contributed by atoms with van der Waals surface area (Å²) in [5.41, 5.74) is 4.98. The van der Waals surface area contributed by atoms with E-state index in [-0.39, 0.29) is 11.9 Å². The Balaban J connectivity index is 1.79. The summed E-state index contributed by atoms with van der Waals surface area (Å²) in [4.78, 5) is 12.2. The highest BCUT2D eigenvalue weighted by molar-refractivity contribution is 5.84. The van der Waals surface area contributed by atoms with E-state index < -0.39 is 0 Å². The van der Waals surface area contributed by atoms with Crippen molar-refractivity contribution in [2.24, 2.45) is 0 Å². The summed E-state index contributed by atoms with van der Waals surface area (Å²) in [5.74, 6) is 0.0670. The molecule has 2 rings (SSSR count). The predicted molar refractivity (Wildman–Crippen MR) is 93.2 cm³/mol. The van der Waals surface area contributed by atoms with Gasteiger partial charge in [-0.1, -0.05) is 23.8 Å². The van der Waals surface area contributed by atoms with Crippen LogP contribution in [0, 0.1) is 13.8 Å². The molecule has 0 aromatic heterocycles. The van der Waals surface area contributed by atoms with Crippen molar-refractivity contribution in [1.82, 2.24) is 5.32 Å². The van der Waals surface area contributed by atoms with Gasteiger partial charge in [-0.2, -0.15) is 0 Å². The fourth-order valence-electron chi connectivity index (χ4n) is 2.84. The van der Waals surface area contributed by atoms with Crippen molar-refractivity contribution in [3.8, 4) is 0 Å². The highest BCUT2D eigenvalue weighted by Gasteiger charge is 2.13. The molecule has 0 radical (unpaired) electrons. The van der Waals surface area contributed by atoms with Crippen molar-refractivity contribution in [3.05, 3.63) is 41.0 Å². The molecular formula is C19H28N2O. The quantitative estimate of drug-likeness (QED) is 0.776. The van der Waals surface area contributed by atoms with Crippen LogP contribution in [-0.2, 0) is 4.79 Å². The second kappa shape index (κ2) is 8.02. The SMILES string of the molecule is Cc1cccc(N[C@@H](C)C(=O)NCCC2=CCCCC2)c1C. The molecule has 1 amide bonds. The highest BCUT2D eigenvalue weighted by atomic mass is 16.2. The van der Waals surface area contributed by atoms with E-state index in [0.29, 0.717) is 0 Å². The van der Waals surface area contributed by atoms with Gasteiger partial charge in [0.25, 0.3) is 0 Å². The number of carbonyl (C=O) groups is 1. The first kappa shape index (κ1) is 16.6. The summed E-state index contributed by atoms with van der Waals surface area (Å²) in [5, 5.41) is 6.35. The lowest BCUT2D eigenvalue weighted by Gasteiger charge is -2.18. The van der Waals surface area contributed by atoms with Crippen LogP contribution in [0.1, 0.15) is 50.2 Å². The van der Waals surface area contributed by atoms with Gasteiger partial charge in [-0.3, -0.25) is 4.79 Å². The Hall–Kier alpha value is -1.77. The molecule has 0 spiro atoms. The maximum Gasteiger partial charge on any atom is 0.242 e. The smallest absolute Gasteiger partial charge is 0.242 e. The van der Waals surface area contributed by atoms with E-state index in [1.807, 2.05) is 19.1 Å². The first-order valence-corrected chi connectivity index (χ1v) is 8.36. The van der Waals surface area contributed by atoms with Gasteiger partial charge >= 0.3 is 0 Å². The fraction of sp³-hybridized carbons (Fsp3) is 0.526. The van der Waals surface area contributed by atoms with Crippen LogP contribution in [0.3, 0.4) is 0 Å². The van der Waals surface area contributed by atoms with E-state index in [1.165, 1.54) is 42.4 Å². The van der Waals surface area contributed by atoms with Crippen LogP contribution < -0.4 is 10.6 Å². The number of hydrogen-bond donors (Lipinski definition) is 2. The predicted octanol–water partition coefficient (Wildman–Crippen LogP) is 4.11. The van der Waals surface area contributed by atoms with Crippen molar-refractivity contribution in [2.75, 3.05) is 11.9 Å². The summed E-state index contributed by atoms with van der Waals surface area (Å²) in [6.07, 6.45) is 8.34. The van der Waals surface area contributed by atoms with Crippen molar-refractivity contribution in [1.29, 1.82) is 0 Å². The number of hydrogen-bond acceptors (Lipinski definition) is 2. The van der Waals surface area contributed by atoms with Crippen molar-refractivity contribution in [3.63, 3.8) is 0 Å². The Morgan fingerprint density at radius 1 is 1.27 bits per heavy atom. The molecule has 0 aliphatic heterocycles. The number of allylic oxidation sites excluding steroid dienone is 1. The molecule has 1 atom stereocenters. The van der Waals surface area contributed by atoms with Crippen LogP contribution in [-0.4, -0.2) is 18.5 Å². The zero-order valence-corrected chi connectivity index (χ0v) is 14.0. The van der Waals surface area contributed by atoms with Gasteiger partial charge in [0.1, 0.15) is 6.04 Å². The molecule has 0 bridgehead atoms. The van der Waals surface area contributed by atoms with Crippen molar-refractivity contribution >= 4 is 11.6 Å². The van der Waals surface area contributed by atoms with E-state index >= 15 is 0 Å². The van der Waals surface area contributed by atoms with E-state index in [0.717, 1.165) is 18.7 Å². The van der Waals surface area contributed by atoms with Crippen LogP contribution in [0.15, 0.2) is 29.8 Å². The lowest BCUT2D eigenvalue weighted by molar-refractivity contribution is -0.121. The van der Waals surface area contributed by atoms with Gasteiger partial charge in [0, 0.05) is 12.2 Å². The molecule has 0 heterocycles. The van der Waals surface area contributed by atoms with Gasteiger partial charge < -0.3 is 10.6 Å². The maximum absolute atomic E-state index is 12.2. The summed E-state index contributed by atoms with van der Waals surface area (Å²) < 4.78 is 0. The van der Waals surface area contributed by atoms with Crippen LogP contribution >= 0.6 is 0 Å². The highest BCUT2D eigenvalue weighted by Crippen LogP contribution is 2.20. The molecule has 1 aliphatic rings. The number of amides is 1. The lowest BCUT2D eigenvalue weighted by Crippen LogP contribution is -2.38. The van der Waals surface area contributed by atoms with Crippen molar-refractivity contribution < 1.29 is 4.79 Å². The third-order valence-electron chi connectivity index (χ3n) is 4.50. The average Bonchev–Trinajstić information content (AvgIpc) is 2.52. The lowest BCUT2D eigenvalue weighted by atomic mass is 9.97. The van der Waals surface area contributed by atoms with Gasteiger partial charge in [0.05, 0.1) is 0 Å². The standard InChI is InChI=1S/C19H28N2O/c1-14-8-7-11-18(15(14)2)21-16(3)19(22)20-13-12-17-9-5-4-6-10-17/h7-9,11,16,21H,4-6,10,12-13H2,1-3H3,(H,20,22)/t16-/m0/s1. The largest absolute Gasteiger partial charge is 0.374 e. The number of anilines is 1. The summed E-state index contributed by atoms with van der Waals surface area (Å²) in [6, 6.07) is 5.91. The van der Waals surface area contributed by atoms with E-state index in [4.69, 9.17) is 0 Å². The summed E-state index contributed by atoms with van der Waals surface area (Å²) >= 11 is 0. The molecule has 3 heteroatoms. The third-order valence-corrected chi connectivity index (χ3v) is 4.50. The van der Waals surface area contributed by atoms with Crippen molar-refractivity contribution in [2.45, 2.75) is 58.9 Å². The molecule has 120 valence electrons. The third kappa shape index (κ3) is 4.62. The van der Waals surface area contributed by atoms with Gasteiger partial charge in [0.15, 0.2) is 0 Å². The molecule has 1 aromatic carbocycles. The fourth-order valence-corrected chi connectivity index (χ4v) is 2.84. The van der Waals surface area contributed by atoms with E-state index in [9.17, 15) is 4.79 Å². The van der Waals surface area contributed by atoms with Crippen LogP contribution in [0.25, 0.3) is 0 Å². The summed E-state index contributed by atoms with van der Waals surface area (Å²) in [7, 11) is 0. The molecule has 0 saturated carbocycles. The first-order valence-electron chi connectivity index (χ1n) is 8.36. The van der Waals surface area contributed by atoms with Gasteiger partial charge in [-0.15, -0.1) is 0 Å². The minimum absolute atomic E-state index is 0.0670. The molecule has 3 nitrogen and oxygen atoms in total. The summed E-state index contributed by atoms with van der Waals surface area (Å²) in [6.45, 7) is 6.82. The minimum atomic E-state index is -0.221. The molecule has 1 aromatic rings. The Bertz CT molecular complexity index is 548. The zero-order chi connectivity index (χ0) is 15.9. The Kier molecular flexibility index (Phi) is 6.05. The molecule has 0 fully saturated rings. The monoisotopic (exact) mass is 300 g/mol. The molecular weight excluding hydrogens is 272 g/mol.